The van der Waals surface area contributed by atoms with Gasteiger partial charge in [-0.15, -0.1) is 0 Å². The molecule has 0 atom stereocenters. The molecule has 104 valence electrons. The Morgan fingerprint density at radius 1 is 1.21 bits per heavy atom. The van der Waals surface area contributed by atoms with Crippen LogP contribution >= 0.6 is 0 Å². The Balaban J connectivity index is 3.07. The smallest absolute Gasteiger partial charge is 0.330 e. The molecule has 0 spiro atoms. The van der Waals surface area contributed by atoms with Crippen molar-refractivity contribution in [2.75, 3.05) is 6.61 Å². The molecule has 0 bridgehead atoms. The average molecular weight is 260 g/mol. The number of benzene rings is 1. The number of esters is 1. The molecule has 0 saturated heterocycles. The molecule has 0 fully saturated rings. The molecule has 0 aliphatic carbocycles. The summed E-state index contributed by atoms with van der Waals surface area (Å²) in [6.45, 7) is 10.9. The van der Waals surface area contributed by atoms with Gasteiger partial charge in [-0.2, -0.15) is 0 Å². The number of carbonyl (C=O) groups is 1. The predicted molar refractivity (Wildman–Crippen MR) is 80.3 cm³/mol. The Bertz CT molecular complexity index is 456. The molecule has 2 nitrogen and oxygen atoms in total. The van der Waals surface area contributed by atoms with Crippen LogP contribution in [0.4, 0.5) is 0 Å². The number of carbonyl (C=O) groups excluding carboxylic acids is 1. The van der Waals surface area contributed by atoms with Crippen LogP contribution in [0.15, 0.2) is 24.3 Å². The van der Waals surface area contributed by atoms with E-state index < -0.39 is 0 Å². The lowest BCUT2D eigenvalue weighted by atomic mass is 9.92. The van der Waals surface area contributed by atoms with Crippen LogP contribution in [0.1, 0.15) is 63.1 Å². The number of ether oxygens (including phenoxy) is 1. The van der Waals surface area contributed by atoms with Crippen LogP contribution in [0, 0.1) is 0 Å². The Labute approximate surface area is 116 Å². The number of hydrogen-bond acceptors (Lipinski definition) is 2. The van der Waals surface area contributed by atoms with E-state index in [4.69, 9.17) is 4.74 Å². The third-order valence-corrected chi connectivity index (χ3v) is 3.09. The highest BCUT2D eigenvalue weighted by Gasteiger charge is 2.08. The maximum absolute atomic E-state index is 11.4. The minimum absolute atomic E-state index is 0.285. The van der Waals surface area contributed by atoms with Gasteiger partial charge in [0.15, 0.2) is 0 Å². The fourth-order valence-corrected chi connectivity index (χ4v) is 1.97. The van der Waals surface area contributed by atoms with E-state index in [1.807, 2.05) is 13.0 Å². The molecule has 1 aromatic carbocycles. The van der Waals surface area contributed by atoms with Gasteiger partial charge in [-0.1, -0.05) is 45.9 Å². The van der Waals surface area contributed by atoms with Crippen LogP contribution in [0.2, 0.25) is 0 Å². The fourth-order valence-electron chi connectivity index (χ4n) is 1.97. The maximum Gasteiger partial charge on any atom is 0.330 e. The van der Waals surface area contributed by atoms with Gasteiger partial charge >= 0.3 is 5.97 Å². The maximum atomic E-state index is 11.4. The van der Waals surface area contributed by atoms with Crippen molar-refractivity contribution in [3.8, 4) is 0 Å². The van der Waals surface area contributed by atoms with E-state index in [0.717, 1.165) is 5.56 Å². The van der Waals surface area contributed by atoms with Crippen LogP contribution in [0.3, 0.4) is 0 Å². The summed E-state index contributed by atoms with van der Waals surface area (Å²) in [5.74, 6) is 0.631. The Hall–Kier alpha value is -1.57. The van der Waals surface area contributed by atoms with Crippen molar-refractivity contribution >= 4 is 12.0 Å². The van der Waals surface area contributed by atoms with Gasteiger partial charge in [-0.3, -0.25) is 0 Å². The van der Waals surface area contributed by atoms with E-state index >= 15 is 0 Å². The zero-order valence-corrected chi connectivity index (χ0v) is 12.6. The summed E-state index contributed by atoms with van der Waals surface area (Å²) in [5.41, 5.74) is 3.65. The first-order valence-electron chi connectivity index (χ1n) is 6.94. The normalized spacial score (nSPS) is 11.5. The second-order valence-electron chi connectivity index (χ2n) is 5.28. The van der Waals surface area contributed by atoms with Gasteiger partial charge in [0.25, 0.3) is 0 Å². The third-order valence-electron chi connectivity index (χ3n) is 3.09. The molecule has 19 heavy (non-hydrogen) atoms. The third kappa shape index (κ3) is 4.55. The topological polar surface area (TPSA) is 26.3 Å². The first kappa shape index (κ1) is 15.5. The van der Waals surface area contributed by atoms with Crippen LogP contribution in [0.5, 0.6) is 0 Å². The Kier molecular flexibility index (Phi) is 5.81. The highest BCUT2D eigenvalue weighted by Crippen LogP contribution is 2.25. The summed E-state index contributed by atoms with van der Waals surface area (Å²) in [6.07, 6.45) is 3.37. The summed E-state index contributed by atoms with van der Waals surface area (Å²) in [4.78, 5) is 11.4. The van der Waals surface area contributed by atoms with Crippen molar-refractivity contribution in [3.63, 3.8) is 0 Å². The molecular formula is C17H24O2. The fraction of sp³-hybridized carbons (Fsp3) is 0.471. The van der Waals surface area contributed by atoms with Gasteiger partial charge in [0, 0.05) is 6.08 Å². The van der Waals surface area contributed by atoms with Gasteiger partial charge in [-0.25, -0.2) is 4.79 Å². The van der Waals surface area contributed by atoms with Crippen LogP contribution in [-0.2, 0) is 9.53 Å². The molecule has 0 amide bonds. The van der Waals surface area contributed by atoms with Gasteiger partial charge in [-0.05, 0) is 41.5 Å². The summed E-state index contributed by atoms with van der Waals surface area (Å²) >= 11 is 0. The molecule has 0 unspecified atom stereocenters. The van der Waals surface area contributed by atoms with E-state index in [-0.39, 0.29) is 5.97 Å². The van der Waals surface area contributed by atoms with Crippen molar-refractivity contribution in [1.82, 2.24) is 0 Å². The quantitative estimate of drug-likeness (QED) is 0.575. The average Bonchev–Trinajstić information content (AvgIpc) is 2.36. The lowest BCUT2D eigenvalue weighted by Gasteiger charge is -2.13. The molecule has 0 aliphatic rings. The van der Waals surface area contributed by atoms with Gasteiger partial charge < -0.3 is 4.74 Å². The zero-order chi connectivity index (χ0) is 14.4. The lowest BCUT2D eigenvalue weighted by molar-refractivity contribution is -0.137. The molecule has 0 saturated carbocycles. The second kappa shape index (κ2) is 7.13. The minimum atomic E-state index is -0.285. The monoisotopic (exact) mass is 260 g/mol. The van der Waals surface area contributed by atoms with Crippen molar-refractivity contribution in [1.29, 1.82) is 0 Å². The largest absolute Gasteiger partial charge is 0.463 e. The van der Waals surface area contributed by atoms with Crippen LogP contribution < -0.4 is 0 Å². The first-order valence-corrected chi connectivity index (χ1v) is 6.94. The van der Waals surface area contributed by atoms with Gasteiger partial charge in [0.05, 0.1) is 6.61 Å². The molecule has 0 N–H and O–H groups in total. The van der Waals surface area contributed by atoms with Gasteiger partial charge in [0.1, 0.15) is 0 Å². The molecule has 2 heteroatoms. The van der Waals surface area contributed by atoms with E-state index in [1.54, 1.807) is 0 Å². The van der Waals surface area contributed by atoms with E-state index in [1.165, 1.54) is 17.2 Å². The number of hydrogen-bond donors (Lipinski definition) is 0. The molecule has 0 aromatic heterocycles. The van der Waals surface area contributed by atoms with Gasteiger partial charge in [0.2, 0.25) is 0 Å². The second-order valence-corrected chi connectivity index (χ2v) is 5.28. The number of rotatable bonds is 5. The SMILES string of the molecule is CCOC(=O)/C=C/c1cc(C(C)C)ccc1C(C)C. The standard InChI is InChI=1S/C17H24O2/c1-6-19-17(18)10-8-15-11-14(12(2)3)7-9-16(15)13(4)5/h7-13H,6H2,1-5H3/b10-8+. The van der Waals surface area contributed by atoms with Crippen molar-refractivity contribution < 1.29 is 9.53 Å². The van der Waals surface area contributed by atoms with Crippen molar-refractivity contribution in [2.24, 2.45) is 0 Å². The first-order chi connectivity index (χ1) is 8.95. The molecule has 1 rings (SSSR count). The summed E-state index contributed by atoms with van der Waals surface area (Å²) in [6, 6.07) is 6.49. The summed E-state index contributed by atoms with van der Waals surface area (Å²) in [5, 5.41) is 0. The van der Waals surface area contributed by atoms with Crippen molar-refractivity contribution in [2.45, 2.75) is 46.5 Å². The van der Waals surface area contributed by atoms with Crippen molar-refractivity contribution in [3.05, 3.63) is 41.0 Å². The molecule has 0 radical (unpaired) electrons. The Morgan fingerprint density at radius 3 is 2.42 bits per heavy atom. The zero-order valence-electron chi connectivity index (χ0n) is 12.6. The highest BCUT2D eigenvalue weighted by molar-refractivity contribution is 5.87. The minimum Gasteiger partial charge on any atom is -0.463 e. The van der Waals surface area contributed by atoms with E-state index in [0.29, 0.717) is 18.4 Å². The predicted octanol–water partition coefficient (Wildman–Crippen LogP) is 4.51. The van der Waals surface area contributed by atoms with E-state index in [9.17, 15) is 4.79 Å². The molecule has 1 aromatic rings. The molecule has 0 aliphatic heterocycles. The van der Waals surface area contributed by atoms with E-state index in [2.05, 4.69) is 45.9 Å². The highest BCUT2D eigenvalue weighted by atomic mass is 16.5. The summed E-state index contributed by atoms with van der Waals surface area (Å²) < 4.78 is 4.92. The molecule has 0 heterocycles. The lowest BCUT2D eigenvalue weighted by Crippen LogP contribution is -2.00. The summed E-state index contributed by atoms with van der Waals surface area (Å²) in [7, 11) is 0. The van der Waals surface area contributed by atoms with Crippen LogP contribution in [-0.4, -0.2) is 12.6 Å². The van der Waals surface area contributed by atoms with Crippen LogP contribution in [0.25, 0.3) is 6.08 Å². The molecular weight excluding hydrogens is 236 g/mol. The Morgan fingerprint density at radius 2 is 1.89 bits per heavy atom.